The molecule has 2 N–H and O–H groups in total. The number of carbonyl (C=O) groups is 3. The van der Waals surface area contributed by atoms with E-state index < -0.39 is 22.7 Å². The van der Waals surface area contributed by atoms with E-state index in [0.29, 0.717) is 16.8 Å². The predicted molar refractivity (Wildman–Crippen MR) is 129 cm³/mol. The summed E-state index contributed by atoms with van der Waals surface area (Å²) >= 11 is 3.30. The van der Waals surface area contributed by atoms with Crippen LogP contribution in [-0.4, -0.2) is 29.8 Å². The first-order chi connectivity index (χ1) is 16.3. The highest BCUT2D eigenvalue weighted by atomic mass is 79.9. The summed E-state index contributed by atoms with van der Waals surface area (Å²) in [6, 6.07) is 18.1. The Morgan fingerprint density at radius 2 is 1.65 bits per heavy atom. The molecule has 0 atom stereocenters. The Bertz CT molecular complexity index is 1270. The Morgan fingerprint density at radius 1 is 0.971 bits per heavy atom. The average molecular weight is 524 g/mol. The van der Waals surface area contributed by atoms with Gasteiger partial charge in [-0.3, -0.25) is 19.7 Å². The van der Waals surface area contributed by atoms with Crippen LogP contribution in [0.2, 0.25) is 0 Å². The van der Waals surface area contributed by atoms with E-state index in [2.05, 4.69) is 31.3 Å². The number of hydrogen-bond donors (Lipinski definition) is 2. The zero-order chi connectivity index (χ0) is 24.7. The van der Waals surface area contributed by atoms with Crippen molar-refractivity contribution >= 4 is 51.2 Å². The number of esters is 1. The average Bonchev–Trinajstić information content (AvgIpc) is 2.84. The normalized spacial score (nSPS) is 10.8. The first-order valence-corrected chi connectivity index (χ1v) is 10.6. The maximum absolute atomic E-state index is 13.0. The smallest absolute Gasteiger partial charge is 0.337 e. The van der Waals surface area contributed by atoms with Crippen molar-refractivity contribution in [3.63, 3.8) is 0 Å². The minimum atomic E-state index is -0.661. The van der Waals surface area contributed by atoms with Crippen LogP contribution in [0, 0.1) is 10.1 Å². The van der Waals surface area contributed by atoms with E-state index in [4.69, 9.17) is 0 Å². The van der Waals surface area contributed by atoms with Crippen LogP contribution < -0.4 is 10.6 Å². The van der Waals surface area contributed by atoms with E-state index in [-0.39, 0.29) is 16.9 Å². The van der Waals surface area contributed by atoms with Gasteiger partial charge >= 0.3 is 5.97 Å². The molecule has 0 aromatic heterocycles. The van der Waals surface area contributed by atoms with Crippen LogP contribution in [0.5, 0.6) is 0 Å². The summed E-state index contributed by atoms with van der Waals surface area (Å²) in [4.78, 5) is 47.9. The molecule has 0 heterocycles. The molecule has 3 aromatic rings. The SMILES string of the molecule is COC(=O)c1cccc(NC(=O)/C(=C\c2ccc([N+](=O)[O-])cc2)NC(=O)c2ccc(Br)cc2)c1. The van der Waals surface area contributed by atoms with Crippen LogP contribution >= 0.6 is 15.9 Å². The van der Waals surface area contributed by atoms with Gasteiger partial charge < -0.3 is 15.4 Å². The molecule has 0 radical (unpaired) electrons. The largest absolute Gasteiger partial charge is 0.465 e. The number of halogens is 1. The summed E-state index contributed by atoms with van der Waals surface area (Å²) in [5.74, 6) is -1.76. The van der Waals surface area contributed by atoms with Crippen molar-refractivity contribution < 1.29 is 24.0 Å². The van der Waals surface area contributed by atoms with Gasteiger partial charge in [0.1, 0.15) is 5.70 Å². The number of nitrogens with one attached hydrogen (secondary N) is 2. The van der Waals surface area contributed by atoms with Gasteiger partial charge in [-0.15, -0.1) is 0 Å². The van der Waals surface area contributed by atoms with Gasteiger partial charge in [0.2, 0.25) is 0 Å². The molecule has 0 aliphatic carbocycles. The van der Waals surface area contributed by atoms with Crippen molar-refractivity contribution in [1.82, 2.24) is 5.32 Å². The van der Waals surface area contributed by atoms with E-state index >= 15 is 0 Å². The lowest BCUT2D eigenvalue weighted by Gasteiger charge is -2.12. The molecule has 0 fully saturated rings. The van der Waals surface area contributed by atoms with E-state index in [1.165, 1.54) is 49.6 Å². The highest BCUT2D eigenvalue weighted by Gasteiger charge is 2.16. The molecule has 0 unspecified atom stereocenters. The van der Waals surface area contributed by atoms with Crippen molar-refractivity contribution in [2.75, 3.05) is 12.4 Å². The number of benzene rings is 3. The van der Waals surface area contributed by atoms with Gasteiger partial charge in [-0.05, 0) is 66.2 Å². The second kappa shape index (κ2) is 11.0. The van der Waals surface area contributed by atoms with Crippen LogP contribution in [0.3, 0.4) is 0 Å². The Kier molecular flexibility index (Phi) is 7.88. The van der Waals surface area contributed by atoms with Crippen LogP contribution in [0.25, 0.3) is 6.08 Å². The van der Waals surface area contributed by atoms with E-state index in [1.807, 2.05) is 0 Å². The summed E-state index contributed by atoms with van der Waals surface area (Å²) in [5, 5.41) is 16.1. The van der Waals surface area contributed by atoms with Crippen LogP contribution in [0.15, 0.2) is 83.0 Å². The molecule has 172 valence electrons. The second-order valence-corrected chi connectivity index (χ2v) is 7.81. The molecule has 0 aliphatic rings. The van der Waals surface area contributed by atoms with Crippen molar-refractivity contribution in [2.24, 2.45) is 0 Å². The summed E-state index contributed by atoms with van der Waals surface area (Å²) in [6.45, 7) is 0. The maximum Gasteiger partial charge on any atom is 0.337 e. The fourth-order valence-electron chi connectivity index (χ4n) is 2.85. The number of nitrogens with zero attached hydrogens (tertiary/aromatic N) is 1. The van der Waals surface area contributed by atoms with Crippen molar-refractivity contribution in [3.05, 3.63) is 110 Å². The van der Waals surface area contributed by atoms with E-state index in [0.717, 1.165) is 4.47 Å². The quantitative estimate of drug-likeness (QED) is 0.202. The molecule has 3 rings (SSSR count). The predicted octanol–water partition coefficient (Wildman–Crippen LogP) is 4.55. The fraction of sp³-hybridized carbons (Fsp3) is 0.0417. The van der Waals surface area contributed by atoms with Gasteiger partial charge in [0, 0.05) is 27.9 Å². The number of amides is 2. The Morgan fingerprint density at radius 3 is 2.26 bits per heavy atom. The first kappa shape index (κ1) is 24.3. The number of anilines is 1. The molecule has 0 bridgehead atoms. The number of non-ortho nitro benzene ring substituents is 1. The second-order valence-electron chi connectivity index (χ2n) is 6.89. The topological polar surface area (TPSA) is 128 Å². The monoisotopic (exact) mass is 523 g/mol. The maximum atomic E-state index is 13.0. The molecule has 3 aromatic carbocycles. The number of nitro groups is 1. The van der Waals surface area contributed by atoms with Crippen LogP contribution in [-0.2, 0) is 9.53 Å². The Labute approximate surface area is 202 Å². The number of methoxy groups -OCH3 is 1. The third-order valence-electron chi connectivity index (χ3n) is 4.56. The molecule has 10 heteroatoms. The first-order valence-electron chi connectivity index (χ1n) is 9.79. The van der Waals surface area contributed by atoms with Crippen LogP contribution in [0.1, 0.15) is 26.3 Å². The van der Waals surface area contributed by atoms with Gasteiger partial charge in [0.25, 0.3) is 17.5 Å². The van der Waals surface area contributed by atoms with Gasteiger partial charge in [0.15, 0.2) is 0 Å². The third kappa shape index (κ3) is 6.36. The summed E-state index contributed by atoms with van der Waals surface area (Å²) in [6.07, 6.45) is 1.39. The summed E-state index contributed by atoms with van der Waals surface area (Å²) < 4.78 is 5.47. The van der Waals surface area contributed by atoms with Gasteiger partial charge in [0.05, 0.1) is 17.6 Å². The van der Waals surface area contributed by atoms with E-state index in [1.54, 1.807) is 36.4 Å². The van der Waals surface area contributed by atoms with Crippen molar-refractivity contribution in [1.29, 1.82) is 0 Å². The lowest BCUT2D eigenvalue weighted by molar-refractivity contribution is -0.384. The number of ether oxygens (including phenoxy) is 1. The lowest BCUT2D eigenvalue weighted by atomic mass is 10.1. The van der Waals surface area contributed by atoms with Crippen molar-refractivity contribution in [3.8, 4) is 0 Å². The van der Waals surface area contributed by atoms with Crippen molar-refractivity contribution in [2.45, 2.75) is 0 Å². The Hall–Kier alpha value is -4.31. The molecular formula is C24H18BrN3O6. The Balaban J connectivity index is 1.90. The standard InChI is InChI=1S/C24H18BrN3O6/c1-34-24(31)17-3-2-4-19(14-17)26-23(30)21(13-15-5-11-20(12-6-15)28(32)33)27-22(29)16-7-9-18(25)10-8-16/h2-14H,1H3,(H,26,30)(H,27,29)/b21-13+. The minimum absolute atomic E-state index is 0.106. The van der Waals surface area contributed by atoms with Gasteiger partial charge in [-0.2, -0.15) is 0 Å². The number of rotatable bonds is 7. The summed E-state index contributed by atoms with van der Waals surface area (Å²) in [5.41, 5.74) is 1.10. The fourth-order valence-corrected chi connectivity index (χ4v) is 3.12. The number of hydrogen-bond acceptors (Lipinski definition) is 6. The molecule has 0 spiro atoms. The highest BCUT2D eigenvalue weighted by Crippen LogP contribution is 2.17. The van der Waals surface area contributed by atoms with Crippen LogP contribution in [0.4, 0.5) is 11.4 Å². The molecule has 2 amide bonds. The van der Waals surface area contributed by atoms with E-state index in [9.17, 15) is 24.5 Å². The summed E-state index contributed by atoms with van der Waals surface area (Å²) in [7, 11) is 1.25. The molecule has 0 saturated carbocycles. The molecule has 0 aliphatic heterocycles. The van der Waals surface area contributed by atoms with Gasteiger partial charge in [-0.1, -0.05) is 22.0 Å². The third-order valence-corrected chi connectivity index (χ3v) is 5.08. The molecular weight excluding hydrogens is 506 g/mol. The molecule has 34 heavy (non-hydrogen) atoms. The molecule has 9 nitrogen and oxygen atoms in total. The molecule has 0 saturated heterocycles. The minimum Gasteiger partial charge on any atom is -0.465 e. The number of carbonyl (C=O) groups excluding carboxylic acids is 3. The highest BCUT2D eigenvalue weighted by molar-refractivity contribution is 9.10. The lowest BCUT2D eigenvalue weighted by Crippen LogP contribution is -2.30. The van der Waals surface area contributed by atoms with Gasteiger partial charge in [-0.25, -0.2) is 4.79 Å². The zero-order valence-corrected chi connectivity index (χ0v) is 19.4. The number of nitro benzene ring substituents is 1. The zero-order valence-electron chi connectivity index (χ0n) is 17.8.